The summed E-state index contributed by atoms with van der Waals surface area (Å²) in [6.07, 6.45) is 8.22. The van der Waals surface area contributed by atoms with Gasteiger partial charge in [-0.15, -0.1) is 0 Å². The van der Waals surface area contributed by atoms with E-state index in [0.717, 1.165) is 25.1 Å². The van der Waals surface area contributed by atoms with Crippen LogP contribution in [-0.2, 0) is 4.74 Å². The molecular formula is C12H25NO. The summed E-state index contributed by atoms with van der Waals surface area (Å²) in [6.45, 7) is 4.26. The van der Waals surface area contributed by atoms with Crippen LogP contribution in [0.5, 0.6) is 0 Å². The van der Waals surface area contributed by atoms with Crippen molar-refractivity contribution < 1.29 is 4.74 Å². The highest BCUT2D eigenvalue weighted by atomic mass is 16.5. The molecule has 1 rings (SSSR count). The van der Waals surface area contributed by atoms with E-state index < -0.39 is 0 Å². The van der Waals surface area contributed by atoms with Crippen molar-refractivity contribution in [1.29, 1.82) is 0 Å². The molecule has 1 aliphatic carbocycles. The monoisotopic (exact) mass is 199 g/mol. The van der Waals surface area contributed by atoms with Crippen LogP contribution in [0.2, 0.25) is 0 Å². The van der Waals surface area contributed by atoms with Crippen molar-refractivity contribution in [2.75, 3.05) is 20.3 Å². The summed E-state index contributed by atoms with van der Waals surface area (Å²) >= 11 is 0. The van der Waals surface area contributed by atoms with Gasteiger partial charge in [0.25, 0.3) is 0 Å². The minimum absolute atomic E-state index is 0.812. The van der Waals surface area contributed by atoms with E-state index in [0.29, 0.717) is 0 Å². The maximum absolute atomic E-state index is 5.05. The Balaban J connectivity index is 1.98. The molecule has 14 heavy (non-hydrogen) atoms. The average molecular weight is 199 g/mol. The highest BCUT2D eigenvalue weighted by Gasteiger charge is 2.22. The molecule has 0 saturated heterocycles. The molecule has 1 N–H and O–H groups in total. The van der Waals surface area contributed by atoms with Crippen LogP contribution >= 0.6 is 0 Å². The van der Waals surface area contributed by atoms with Gasteiger partial charge < -0.3 is 10.1 Å². The van der Waals surface area contributed by atoms with Crippen LogP contribution in [0.15, 0.2) is 0 Å². The molecule has 0 bridgehead atoms. The molecule has 1 saturated carbocycles. The van der Waals surface area contributed by atoms with E-state index in [2.05, 4.69) is 12.2 Å². The van der Waals surface area contributed by atoms with Gasteiger partial charge in [0.1, 0.15) is 0 Å². The highest BCUT2D eigenvalue weighted by Crippen LogP contribution is 2.29. The Bertz CT molecular complexity index is 138. The second-order valence-corrected chi connectivity index (χ2v) is 4.42. The number of methoxy groups -OCH3 is 1. The predicted molar refractivity (Wildman–Crippen MR) is 60.5 cm³/mol. The molecule has 0 amide bonds. The lowest BCUT2D eigenvalue weighted by Crippen LogP contribution is -2.25. The van der Waals surface area contributed by atoms with Crippen LogP contribution in [0.4, 0.5) is 0 Å². The summed E-state index contributed by atoms with van der Waals surface area (Å²) in [4.78, 5) is 0. The van der Waals surface area contributed by atoms with E-state index in [-0.39, 0.29) is 0 Å². The van der Waals surface area contributed by atoms with Gasteiger partial charge in [0.15, 0.2) is 0 Å². The van der Waals surface area contributed by atoms with Gasteiger partial charge in [-0.05, 0) is 38.1 Å². The molecule has 0 aliphatic heterocycles. The summed E-state index contributed by atoms with van der Waals surface area (Å²) in [5.74, 6) is 0.982. The molecule has 1 fully saturated rings. The van der Waals surface area contributed by atoms with Crippen molar-refractivity contribution in [3.63, 3.8) is 0 Å². The number of unbranched alkanes of at least 4 members (excludes halogenated alkanes) is 1. The molecule has 0 spiro atoms. The molecule has 2 nitrogen and oxygen atoms in total. The first-order chi connectivity index (χ1) is 6.86. The lowest BCUT2D eigenvalue weighted by Gasteiger charge is -2.11. The first-order valence-corrected chi connectivity index (χ1v) is 6.09. The van der Waals surface area contributed by atoms with Crippen LogP contribution in [0.25, 0.3) is 0 Å². The summed E-state index contributed by atoms with van der Waals surface area (Å²) in [6, 6.07) is 0.812. The van der Waals surface area contributed by atoms with Gasteiger partial charge in [0.05, 0.1) is 0 Å². The summed E-state index contributed by atoms with van der Waals surface area (Å²) in [7, 11) is 1.79. The third-order valence-corrected chi connectivity index (χ3v) is 3.24. The van der Waals surface area contributed by atoms with Crippen molar-refractivity contribution in [1.82, 2.24) is 5.32 Å². The third kappa shape index (κ3) is 4.43. The van der Waals surface area contributed by atoms with Gasteiger partial charge in [-0.25, -0.2) is 0 Å². The Labute approximate surface area is 88.4 Å². The van der Waals surface area contributed by atoms with Crippen molar-refractivity contribution in [2.45, 2.75) is 51.5 Å². The Morgan fingerprint density at radius 1 is 1.29 bits per heavy atom. The number of rotatable bonds is 7. The fraction of sp³-hybridized carbons (Fsp3) is 1.00. The van der Waals surface area contributed by atoms with Gasteiger partial charge in [-0.1, -0.05) is 19.8 Å². The average Bonchev–Trinajstić information content (AvgIpc) is 2.61. The van der Waals surface area contributed by atoms with Gasteiger partial charge >= 0.3 is 0 Å². The fourth-order valence-electron chi connectivity index (χ4n) is 2.49. The lowest BCUT2D eigenvalue weighted by molar-refractivity contribution is 0.190. The molecule has 2 unspecified atom stereocenters. The second kappa shape index (κ2) is 7.24. The third-order valence-electron chi connectivity index (χ3n) is 3.24. The molecule has 1 aliphatic rings. The van der Waals surface area contributed by atoms with E-state index in [4.69, 9.17) is 4.74 Å². The zero-order valence-electron chi connectivity index (χ0n) is 9.72. The summed E-state index contributed by atoms with van der Waals surface area (Å²) in [5, 5.41) is 3.55. The van der Waals surface area contributed by atoms with Gasteiger partial charge in [0, 0.05) is 19.8 Å². The second-order valence-electron chi connectivity index (χ2n) is 4.42. The Hall–Kier alpha value is -0.0800. The number of nitrogens with one attached hydrogen (secondary N) is 1. The van der Waals surface area contributed by atoms with Crippen molar-refractivity contribution in [3.8, 4) is 0 Å². The topological polar surface area (TPSA) is 21.3 Å². The van der Waals surface area contributed by atoms with Crippen LogP contribution < -0.4 is 5.32 Å². The standard InChI is InChI=1S/C12H25NO/c1-3-13-12-8-7-11(10-12)6-4-5-9-14-2/h11-13H,3-10H2,1-2H3. The zero-order chi connectivity index (χ0) is 10.2. The van der Waals surface area contributed by atoms with Crippen LogP contribution in [0.3, 0.4) is 0 Å². The van der Waals surface area contributed by atoms with Gasteiger partial charge in [0.2, 0.25) is 0 Å². The van der Waals surface area contributed by atoms with E-state index >= 15 is 0 Å². The van der Waals surface area contributed by atoms with Gasteiger partial charge in [-0.2, -0.15) is 0 Å². The molecule has 0 heterocycles. The smallest absolute Gasteiger partial charge is 0.0462 e. The predicted octanol–water partition coefficient (Wildman–Crippen LogP) is 2.58. The number of ether oxygens (including phenoxy) is 1. The Morgan fingerprint density at radius 2 is 2.14 bits per heavy atom. The first kappa shape index (κ1) is 12.0. The Kier molecular flexibility index (Phi) is 6.20. The van der Waals surface area contributed by atoms with E-state index in [1.807, 2.05) is 0 Å². The molecule has 0 aromatic heterocycles. The van der Waals surface area contributed by atoms with Crippen molar-refractivity contribution in [2.24, 2.45) is 5.92 Å². The largest absolute Gasteiger partial charge is 0.385 e. The molecule has 2 heteroatoms. The fourth-order valence-corrected chi connectivity index (χ4v) is 2.49. The summed E-state index contributed by atoms with van der Waals surface area (Å²) in [5.41, 5.74) is 0. The molecular weight excluding hydrogens is 174 g/mol. The highest BCUT2D eigenvalue weighted by molar-refractivity contribution is 4.79. The van der Waals surface area contributed by atoms with Crippen LogP contribution in [0.1, 0.15) is 45.4 Å². The van der Waals surface area contributed by atoms with Gasteiger partial charge in [-0.3, -0.25) is 0 Å². The molecule has 0 aromatic rings. The first-order valence-electron chi connectivity index (χ1n) is 6.09. The summed E-state index contributed by atoms with van der Waals surface area (Å²) < 4.78 is 5.05. The SMILES string of the molecule is CCNC1CCC(CCCCOC)C1. The quantitative estimate of drug-likeness (QED) is 0.636. The van der Waals surface area contributed by atoms with Crippen LogP contribution in [0, 0.1) is 5.92 Å². The van der Waals surface area contributed by atoms with Crippen molar-refractivity contribution in [3.05, 3.63) is 0 Å². The Morgan fingerprint density at radius 3 is 2.86 bits per heavy atom. The van der Waals surface area contributed by atoms with Crippen LogP contribution in [-0.4, -0.2) is 26.3 Å². The van der Waals surface area contributed by atoms with E-state index in [1.165, 1.54) is 38.5 Å². The maximum atomic E-state index is 5.05. The molecule has 84 valence electrons. The van der Waals surface area contributed by atoms with Crippen molar-refractivity contribution >= 4 is 0 Å². The molecule has 2 atom stereocenters. The molecule has 0 aromatic carbocycles. The minimum atomic E-state index is 0.812. The maximum Gasteiger partial charge on any atom is 0.0462 e. The normalized spacial score (nSPS) is 27.0. The zero-order valence-corrected chi connectivity index (χ0v) is 9.72. The lowest BCUT2D eigenvalue weighted by atomic mass is 10.0. The number of hydrogen-bond donors (Lipinski definition) is 1. The van der Waals surface area contributed by atoms with E-state index in [1.54, 1.807) is 7.11 Å². The molecule has 0 radical (unpaired) electrons. The van der Waals surface area contributed by atoms with E-state index in [9.17, 15) is 0 Å². The number of hydrogen-bond acceptors (Lipinski definition) is 2. The minimum Gasteiger partial charge on any atom is -0.385 e.